The van der Waals surface area contributed by atoms with Crippen molar-refractivity contribution in [1.82, 2.24) is 0 Å². The molecule has 1 saturated heterocycles. The van der Waals surface area contributed by atoms with E-state index >= 15 is 0 Å². The predicted octanol–water partition coefficient (Wildman–Crippen LogP) is 4.01. The molecule has 0 aromatic heterocycles. The van der Waals surface area contributed by atoms with E-state index in [4.69, 9.17) is 14.6 Å². The highest BCUT2D eigenvalue weighted by atomic mass is 16.7. The maximum atomic E-state index is 10.4. The minimum absolute atomic E-state index is 0.0397. The van der Waals surface area contributed by atoms with Crippen LogP contribution in [0.2, 0.25) is 0 Å². The quantitative estimate of drug-likeness (QED) is 0.367. The minimum Gasteiger partial charge on any atom is -0.481 e. The fraction of sp³-hybridized carbons (Fsp3) is 0.952. The number of hydrogen-bond acceptors (Lipinski definition) is 5. The molecule has 0 amide bonds. The van der Waals surface area contributed by atoms with E-state index in [9.17, 15) is 15.0 Å². The molecule has 6 heteroatoms. The van der Waals surface area contributed by atoms with Crippen LogP contribution in [-0.4, -0.2) is 52.0 Å². The molecule has 6 nitrogen and oxygen atoms in total. The SMILES string of the molecule is C[C@H](CCCCCCCCCCCCC(=O)O)O[C@@H]1O[C@@H](C)[C@H](O)C[C@H]1O. The summed E-state index contributed by atoms with van der Waals surface area (Å²) >= 11 is 0. The Bertz CT molecular complexity index is 389. The Hall–Kier alpha value is -0.690. The number of aliphatic hydroxyl groups excluding tert-OH is 2. The maximum Gasteiger partial charge on any atom is 0.303 e. The zero-order valence-corrected chi connectivity index (χ0v) is 17.1. The monoisotopic (exact) mass is 388 g/mol. The van der Waals surface area contributed by atoms with Gasteiger partial charge in [0.2, 0.25) is 0 Å². The summed E-state index contributed by atoms with van der Waals surface area (Å²) in [5.74, 6) is -0.689. The Kier molecular flexibility index (Phi) is 12.9. The van der Waals surface area contributed by atoms with Crippen LogP contribution in [0, 0.1) is 0 Å². The van der Waals surface area contributed by atoms with Gasteiger partial charge in [0.15, 0.2) is 6.29 Å². The van der Waals surface area contributed by atoms with E-state index in [1.807, 2.05) is 6.92 Å². The van der Waals surface area contributed by atoms with Crippen LogP contribution >= 0.6 is 0 Å². The Morgan fingerprint density at radius 2 is 1.48 bits per heavy atom. The highest BCUT2D eigenvalue weighted by Crippen LogP contribution is 2.23. The molecule has 0 bridgehead atoms. The second-order valence-electron chi connectivity index (χ2n) is 7.99. The van der Waals surface area contributed by atoms with Crippen molar-refractivity contribution >= 4 is 5.97 Å². The molecule has 0 unspecified atom stereocenters. The number of hydrogen-bond donors (Lipinski definition) is 3. The first-order valence-corrected chi connectivity index (χ1v) is 10.8. The molecular formula is C21H40O6. The summed E-state index contributed by atoms with van der Waals surface area (Å²) in [4.78, 5) is 10.4. The fourth-order valence-corrected chi connectivity index (χ4v) is 3.49. The molecule has 1 heterocycles. The van der Waals surface area contributed by atoms with Crippen LogP contribution in [0.3, 0.4) is 0 Å². The van der Waals surface area contributed by atoms with E-state index in [1.54, 1.807) is 6.92 Å². The largest absolute Gasteiger partial charge is 0.481 e. The standard InChI is InChI=1S/C21H40O6/c1-16(26-21-19(23)15-18(22)17(2)27-21)13-11-9-7-5-3-4-6-8-10-12-14-20(24)25/h16-19,21-23H,3-15H2,1-2H3,(H,24,25)/t16-,17+,18-,19-,21-/m1/s1. The van der Waals surface area contributed by atoms with Crippen molar-refractivity contribution in [1.29, 1.82) is 0 Å². The molecule has 1 aliphatic rings. The second kappa shape index (κ2) is 14.3. The van der Waals surface area contributed by atoms with Crippen LogP contribution in [0.4, 0.5) is 0 Å². The molecule has 0 aliphatic carbocycles. The van der Waals surface area contributed by atoms with Gasteiger partial charge in [0.1, 0.15) is 6.10 Å². The lowest BCUT2D eigenvalue weighted by Crippen LogP contribution is -2.48. The van der Waals surface area contributed by atoms with Gasteiger partial charge in [-0.1, -0.05) is 57.8 Å². The Balaban J connectivity index is 1.91. The third-order valence-electron chi connectivity index (χ3n) is 5.31. The number of aliphatic hydroxyl groups is 2. The van der Waals surface area contributed by atoms with Crippen molar-refractivity contribution in [2.75, 3.05) is 0 Å². The minimum atomic E-state index is -0.761. The highest BCUT2D eigenvalue weighted by molar-refractivity contribution is 5.66. The summed E-state index contributed by atoms with van der Waals surface area (Å²) in [6, 6.07) is 0. The number of rotatable bonds is 15. The molecule has 0 spiro atoms. The van der Waals surface area contributed by atoms with Gasteiger partial charge >= 0.3 is 5.97 Å². The first kappa shape index (κ1) is 24.3. The molecule has 27 heavy (non-hydrogen) atoms. The Morgan fingerprint density at radius 1 is 0.963 bits per heavy atom. The van der Waals surface area contributed by atoms with E-state index in [-0.39, 0.29) is 12.2 Å². The number of aliphatic carboxylic acids is 1. The van der Waals surface area contributed by atoms with Crippen LogP contribution in [0.25, 0.3) is 0 Å². The van der Waals surface area contributed by atoms with Gasteiger partial charge in [-0.3, -0.25) is 4.79 Å². The van der Waals surface area contributed by atoms with E-state index in [2.05, 4.69) is 0 Å². The van der Waals surface area contributed by atoms with Crippen molar-refractivity contribution in [2.24, 2.45) is 0 Å². The van der Waals surface area contributed by atoms with Crippen molar-refractivity contribution in [3.8, 4) is 0 Å². The predicted molar refractivity (Wildman–Crippen MR) is 105 cm³/mol. The van der Waals surface area contributed by atoms with Crippen molar-refractivity contribution < 1.29 is 29.6 Å². The highest BCUT2D eigenvalue weighted by Gasteiger charge is 2.35. The molecule has 1 aliphatic heterocycles. The molecule has 160 valence electrons. The fourth-order valence-electron chi connectivity index (χ4n) is 3.49. The lowest BCUT2D eigenvalue weighted by molar-refractivity contribution is -0.273. The molecule has 0 radical (unpaired) electrons. The number of ether oxygens (including phenoxy) is 2. The van der Waals surface area contributed by atoms with Crippen LogP contribution in [0.15, 0.2) is 0 Å². The van der Waals surface area contributed by atoms with Gasteiger partial charge in [-0.15, -0.1) is 0 Å². The van der Waals surface area contributed by atoms with E-state index in [0.717, 1.165) is 32.1 Å². The molecule has 0 aromatic rings. The lowest BCUT2D eigenvalue weighted by Gasteiger charge is -2.36. The van der Waals surface area contributed by atoms with Crippen LogP contribution in [-0.2, 0) is 14.3 Å². The van der Waals surface area contributed by atoms with Crippen molar-refractivity contribution in [3.63, 3.8) is 0 Å². The molecule has 0 saturated carbocycles. The van der Waals surface area contributed by atoms with Crippen LogP contribution < -0.4 is 0 Å². The number of carboxylic acid groups (broad SMARTS) is 1. The van der Waals surface area contributed by atoms with Gasteiger partial charge in [0.25, 0.3) is 0 Å². The first-order chi connectivity index (χ1) is 12.9. The third-order valence-corrected chi connectivity index (χ3v) is 5.31. The molecule has 1 rings (SSSR count). The lowest BCUT2D eigenvalue weighted by atomic mass is 10.0. The van der Waals surface area contributed by atoms with E-state index in [0.29, 0.717) is 12.8 Å². The third kappa shape index (κ3) is 11.7. The first-order valence-electron chi connectivity index (χ1n) is 10.8. The van der Waals surface area contributed by atoms with Crippen LogP contribution in [0.1, 0.15) is 97.3 Å². The average Bonchev–Trinajstić information content (AvgIpc) is 2.60. The number of carboxylic acids is 1. The van der Waals surface area contributed by atoms with Crippen molar-refractivity contribution in [2.45, 2.75) is 128 Å². The summed E-state index contributed by atoms with van der Waals surface area (Å²) in [6.07, 6.45) is 10.8. The molecule has 3 N–H and O–H groups in total. The Labute approximate surface area is 164 Å². The summed E-state index contributed by atoms with van der Waals surface area (Å²) < 4.78 is 11.4. The van der Waals surface area contributed by atoms with Gasteiger partial charge in [-0.05, 0) is 26.7 Å². The Morgan fingerprint density at radius 3 is 2.04 bits per heavy atom. The summed E-state index contributed by atoms with van der Waals surface area (Å²) in [5.41, 5.74) is 0. The topological polar surface area (TPSA) is 96.2 Å². The summed E-state index contributed by atoms with van der Waals surface area (Å²) in [6.45, 7) is 3.81. The zero-order valence-electron chi connectivity index (χ0n) is 17.1. The maximum absolute atomic E-state index is 10.4. The van der Waals surface area contributed by atoms with E-state index in [1.165, 1.54) is 38.5 Å². The van der Waals surface area contributed by atoms with E-state index < -0.39 is 24.5 Å². The van der Waals surface area contributed by atoms with Gasteiger partial charge < -0.3 is 24.8 Å². The summed E-state index contributed by atoms with van der Waals surface area (Å²) in [7, 11) is 0. The van der Waals surface area contributed by atoms with Gasteiger partial charge in [0.05, 0.1) is 18.3 Å². The zero-order chi connectivity index (χ0) is 20.1. The van der Waals surface area contributed by atoms with Gasteiger partial charge in [-0.25, -0.2) is 0 Å². The average molecular weight is 389 g/mol. The number of carbonyl (C=O) groups is 1. The molecule has 1 fully saturated rings. The smallest absolute Gasteiger partial charge is 0.303 e. The molecule has 5 atom stereocenters. The summed E-state index contributed by atoms with van der Waals surface area (Å²) in [5, 5.41) is 28.2. The van der Waals surface area contributed by atoms with Gasteiger partial charge in [-0.2, -0.15) is 0 Å². The second-order valence-corrected chi connectivity index (χ2v) is 7.99. The molecular weight excluding hydrogens is 348 g/mol. The van der Waals surface area contributed by atoms with Crippen LogP contribution in [0.5, 0.6) is 0 Å². The number of unbranched alkanes of at least 4 members (excludes halogenated alkanes) is 9. The normalized spacial score (nSPS) is 26.8. The molecule has 0 aromatic carbocycles. The van der Waals surface area contributed by atoms with Crippen molar-refractivity contribution in [3.05, 3.63) is 0 Å². The van der Waals surface area contributed by atoms with Gasteiger partial charge in [0, 0.05) is 12.8 Å².